The van der Waals surface area contributed by atoms with Crippen molar-refractivity contribution in [3.8, 4) is 0 Å². The molecule has 1 aromatic rings. The molecule has 2 heteroatoms. The summed E-state index contributed by atoms with van der Waals surface area (Å²) < 4.78 is 0. The summed E-state index contributed by atoms with van der Waals surface area (Å²) in [6.45, 7) is 14.9. The highest BCUT2D eigenvalue weighted by Crippen LogP contribution is 2.36. The van der Waals surface area contributed by atoms with Gasteiger partial charge < -0.3 is 10.2 Å². The molecule has 1 N–H and O–H groups in total. The van der Waals surface area contributed by atoms with E-state index in [1.807, 2.05) is 0 Å². The molecule has 0 bridgehead atoms. The van der Waals surface area contributed by atoms with Crippen LogP contribution < -0.4 is 10.2 Å². The van der Waals surface area contributed by atoms with E-state index in [1.165, 1.54) is 17.7 Å². The number of nitrogens with one attached hydrogen (secondary N) is 1. The monoisotopic (exact) mass is 260 g/mol. The van der Waals surface area contributed by atoms with E-state index in [4.69, 9.17) is 0 Å². The Bertz CT molecular complexity index is 429. The molecular weight excluding hydrogens is 232 g/mol. The zero-order valence-electron chi connectivity index (χ0n) is 13.1. The van der Waals surface area contributed by atoms with E-state index in [9.17, 15) is 0 Å². The van der Waals surface area contributed by atoms with E-state index in [1.54, 1.807) is 0 Å². The van der Waals surface area contributed by atoms with Crippen LogP contribution >= 0.6 is 0 Å². The van der Waals surface area contributed by atoms with Gasteiger partial charge in [-0.2, -0.15) is 0 Å². The number of benzene rings is 1. The standard InChI is InChI=1S/C17H28N2/c1-16(2,3)14-8-6-7-9-15(14)19-13-12-18-11-10-17(19,4)5/h6-9,18H,10-13H2,1-5H3. The molecule has 1 aliphatic heterocycles. The Morgan fingerprint density at radius 1 is 1.11 bits per heavy atom. The fraction of sp³-hybridized carbons (Fsp3) is 0.647. The maximum absolute atomic E-state index is 3.52. The first kappa shape index (κ1) is 14.4. The maximum atomic E-state index is 3.52. The van der Waals surface area contributed by atoms with Crippen molar-refractivity contribution in [1.82, 2.24) is 5.32 Å². The van der Waals surface area contributed by atoms with Crippen molar-refractivity contribution in [2.45, 2.75) is 52.0 Å². The van der Waals surface area contributed by atoms with Gasteiger partial charge in [-0.05, 0) is 43.9 Å². The predicted molar refractivity (Wildman–Crippen MR) is 84.1 cm³/mol. The predicted octanol–water partition coefficient (Wildman–Crippen LogP) is 3.56. The largest absolute Gasteiger partial charge is 0.365 e. The van der Waals surface area contributed by atoms with Crippen molar-refractivity contribution in [2.75, 3.05) is 24.5 Å². The van der Waals surface area contributed by atoms with Gasteiger partial charge in [0.05, 0.1) is 0 Å². The van der Waals surface area contributed by atoms with Crippen LogP contribution in [0.15, 0.2) is 24.3 Å². The van der Waals surface area contributed by atoms with E-state index in [-0.39, 0.29) is 11.0 Å². The topological polar surface area (TPSA) is 15.3 Å². The molecule has 0 saturated carbocycles. The lowest BCUT2D eigenvalue weighted by Crippen LogP contribution is -2.45. The van der Waals surface area contributed by atoms with Gasteiger partial charge in [0.15, 0.2) is 0 Å². The number of anilines is 1. The van der Waals surface area contributed by atoms with Gasteiger partial charge in [0, 0.05) is 24.3 Å². The molecule has 1 fully saturated rings. The molecule has 2 rings (SSSR count). The van der Waals surface area contributed by atoms with E-state index in [0.717, 1.165) is 19.6 Å². The number of nitrogens with zero attached hydrogens (tertiary/aromatic N) is 1. The highest BCUT2D eigenvalue weighted by atomic mass is 15.2. The molecule has 0 atom stereocenters. The average molecular weight is 260 g/mol. The van der Waals surface area contributed by atoms with Crippen molar-refractivity contribution in [3.63, 3.8) is 0 Å². The molecule has 1 heterocycles. The molecule has 0 radical (unpaired) electrons. The molecule has 1 saturated heterocycles. The first-order chi connectivity index (χ1) is 8.82. The van der Waals surface area contributed by atoms with Crippen molar-refractivity contribution < 1.29 is 0 Å². The average Bonchev–Trinajstić information content (AvgIpc) is 2.49. The highest BCUT2D eigenvalue weighted by Gasteiger charge is 2.31. The Labute approximate surface area is 118 Å². The van der Waals surface area contributed by atoms with Gasteiger partial charge in [0.1, 0.15) is 0 Å². The number of hydrogen-bond acceptors (Lipinski definition) is 2. The van der Waals surface area contributed by atoms with Crippen molar-refractivity contribution in [1.29, 1.82) is 0 Å². The van der Waals surface area contributed by atoms with Crippen LogP contribution in [0.1, 0.15) is 46.6 Å². The first-order valence-corrected chi connectivity index (χ1v) is 7.40. The zero-order valence-corrected chi connectivity index (χ0v) is 13.1. The van der Waals surface area contributed by atoms with Crippen molar-refractivity contribution in [2.24, 2.45) is 0 Å². The van der Waals surface area contributed by atoms with Gasteiger partial charge in [-0.25, -0.2) is 0 Å². The summed E-state index contributed by atoms with van der Waals surface area (Å²) in [4.78, 5) is 2.59. The van der Waals surface area contributed by atoms with Crippen molar-refractivity contribution >= 4 is 5.69 Å². The first-order valence-electron chi connectivity index (χ1n) is 7.40. The van der Waals surface area contributed by atoms with E-state index >= 15 is 0 Å². The molecule has 0 unspecified atom stereocenters. The van der Waals surface area contributed by atoms with Crippen LogP contribution in [-0.4, -0.2) is 25.2 Å². The van der Waals surface area contributed by atoms with E-state index in [0.29, 0.717) is 0 Å². The summed E-state index contributed by atoms with van der Waals surface area (Å²) in [7, 11) is 0. The molecule has 1 aliphatic rings. The maximum Gasteiger partial charge on any atom is 0.0409 e. The number of para-hydroxylation sites is 1. The minimum Gasteiger partial charge on any atom is -0.365 e. The molecule has 1 aromatic carbocycles. The third-order valence-corrected chi connectivity index (χ3v) is 4.16. The third-order valence-electron chi connectivity index (χ3n) is 4.16. The van der Waals surface area contributed by atoms with Crippen LogP contribution in [0.4, 0.5) is 5.69 Å². The van der Waals surface area contributed by atoms with Gasteiger partial charge in [-0.1, -0.05) is 39.0 Å². The van der Waals surface area contributed by atoms with Crippen LogP contribution in [0.5, 0.6) is 0 Å². The molecule has 0 aromatic heterocycles. The second-order valence-corrected chi connectivity index (χ2v) is 7.23. The van der Waals surface area contributed by atoms with Crippen LogP contribution in [0, 0.1) is 0 Å². The van der Waals surface area contributed by atoms with Gasteiger partial charge in [0.2, 0.25) is 0 Å². The van der Waals surface area contributed by atoms with Crippen LogP contribution in [0.3, 0.4) is 0 Å². The summed E-state index contributed by atoms with van der Waals surface area (Å²) in [5.41, 5.74) is 3.26. The summed E-state index contributed by atoms with van der Waals surface area (Å²) in [5.74, 6) is 0. The van der Waals surface area contributed by atoms with E-state index in [2.05, 4.69) is 69.1 Å². The number of rotatable bonds is 1. The second-order valence-electron chi connectivity index (χ2n) is 7.23. The van der Waals surface area contributed by atoms with Crippen LogP contribution in [-0.2, 0) is 5.41 Å². The molecule has 0 spiro atoms. The van der Waals surface area contributed by atoms with Crippen molar-refractivity contribution in [3.05, 3.63) is 29.8 Å². The minimum absolute atomic E-state index is 0.187. The zero-order chi connectivity index (χ0) is 14.1. The normalized spacial score (nSPS) is 20.2. The minimum atomic E-state index is 0.187. The van der Waals surface area contributed by atoms with Crippen LogP contribution in [0.2, 0.25) is 0 Å². The fourth-order valence-electron chi connectivity index (χ4n) is 2.94. The summed E-state index contributed by atoms with van der Waals surface area (Å²) in [6, 6.07) is 8.89. The lowest BCUT2D eigenvalue weighted by molar-refractivity contribution is 0.449. The smallest absolute Gasteiger partial charge is 0.0409 e. The highest BCUT2D eigenvalue weighted by molar-refractivity contribution is 5.58. The molecule has 0 amide bonds. The summed E-state index contributed by atoms with van der Waals surface area (Å²) in [6.07, 6.45) is 1.19. The van der Waals surface area contributed by atoms with Gasteiger partial charge in [-0.3, -0.25) is 0 Å². The quantitative estimate of drug-likeness (QED) is 0.830. The number of hydrogen-bond donors (Lipinski definition) is 1. The van der Waals surface area contributed by atoms with Gasteiger partial charge >= 0.3 is 0 Å². The SMILES string of the molecule is CC(C)(C)c1ccccc1N1CCNCCC1(C)C. The van der Waals surface area contributed by atoms with Crippen LogP contribution in [0.25, 0.3) is 0 Å². The Hall–Kier alpha value is -1.02. The molecule has 2 nitrogen and oxygen atoms in total. The Morgan fingerprint density at radius 3 is 2.47 bits per heavy atom. The molecular formula is C17H28N2. The van der Waals surface area contributed by atoms with E-state index < -0.39 is 0 Å². The Balaban J connectivity index is 2.45. The van der Waals surface area contributed by atoms with Gasteiger partial charge in [0.25, 0.3) is 0 Å². The third kappa shape index (κ3) is 3.11. The Kier molecular flexibility index (Phi) is 3.91. The summed E-state index contributed by atoms with van der Waals surface area (Å²) >= 11 is 0. The molecule has 106 valence electrons. The second kappa shape index (κ2) is 5.16. The Morgan fingerprint density at radius 2 is 1.79 bits per heavy atom. The lowest BCUT2D eigenvalue weighted by atomic mass is 9.84. The summed E-state index contributed by atoms with van der Waals surface area (Å²) in [5, 5.41) is 3.52. The fourth-order valence-corrected chi connectivity index (χ4v) is 2.94. The van der Waals surface area contributed by atoms with Gasteiger partial charge in [-0.15, -0.1) is 0 Å². The lowest BCUT2D eigenvalue weighted by Gasteiger charge is -2.41. The molecule has 19 heavy (non-hydrogen) atoms. The molecule has 0 aliphatic carbocycles.